The Morgan fingerprint density at radius 2 is 1.29 bits per heavy atom. The molecule has 1 nitrogen and oxygen atoms in total. The first kappa shape index (κ1) is 15.9. The Hall–Kier alpha value is -3.84. The molecule has 0 saturated carbocycles. The summed E-state index contributed by atoms with van der Waals surface area (Å²) in [5.41, 5.74) is 14.0. The van der Waals surface area contributed by atoms with Crippen LogP contribution in [-0.4, -0.2) is 4.40 Å². The second-order valence-electron chi connectivity index (χ2n) is 8.98. The lowest BCUT2D eigenvalue weighted by atomic mass is 9.94. The quantitative estimate of drug-likeness (QED) is 0.237. The van der Waals surface area contributed by atoms with Crippen molar-refractivity contribution in [1.29, 1.82) is 0 Å². The van der Waals surface area contributed by atoms with Crippen molar-refractivity contribution < 1.29 is 0 Å². The standard InChI is InChI=1S/C30H19N/c1-3-8-22-18(6-1)15-21-16-26-24-12-11-20-14-19-7-2-4-9-23(19)29(20)30(24)31-13-5-10-28(31)27(26)17-25(21)22/h1-13,16-17H,14-15H2. The number of fused-ring (bicyclic) bond motifs is 13. The Balaban J connectivity index is 1.56. The minimum absolute atomic E-state index is 1.03. The number of hydrogen-bond acceptors (Lipinski definition) is 0. The maximum atomic E-state index is 2.47. The molecule has 0 radical (unpaired) electrons. The van der Waals surface area contributed by atoms with Gasteiger partial charge in [-0.3, -0.25) is 0 Å². The summed E-state index contributed by atoms with van der Waals surface area (Å²) < 4.78 is 2.42. The Kier molecular flexibility index (Phi) is 2.80. The maximum Gasteiger partial charge on any atom is 0.0615 e. The zero-order valence-corrected chi connectivity index (χ0v) is 17.0. The molecule has 0 unspecified atom stereocenters. The zero-order valence-electron chi connectivity index (χ0n) is 17.0. The lowest BCUT2D eigenvalue weighted by Crippen LogP contribution is -1.94. The van der Waals surface area contributed by atoms with Crippen LogP contribution < -0.4 is 0 Å². The molecule has 0 aliphatic heterocycles. The van der Waals surface area contributed by atoms with Crippen molar-refractivity contribution in [3.8, 4) is 22.3 Å². The maximum absolute atomic E-state index is 2.47. The molecule has 0 spiro atoms. The smallest absolute Gasteiger partial charge is 0.0615 e. The Labute approximate surface area is 180 Å². The summed E-state index contributed by atoms with van der Waals surface area (Å²) in [7, 11) is 0. The first-order valence-corrected chi connectivity index (χ1v) is 11.0. The van der Waals surface area contributed by atoms with Crippen LogP contribution in [0.2, 0.25) is 0 Å². The third kappa shape index (κ3) is 1.92. The molecule has 2 heterocycles. The molecule has 31 heavy (non-hydrogen) atoms. The summed E-state index contributed by atoms with van der Waals surface area (Å²) >= 11 is 0. The van der Waals surface area contributed by atoms with Gasteiger partial charge in [0.1, 0.15) is 0 Å². The second kappa shape index (κ2) is 5.44. The van der Waals surface area contributed by atoms with Crippen LogP contribution in [0.4, 0.5) is 0 Å². The summed E-state index contributed by atoms with van der Waals surface area (Å²) in [4.78, 5) is 0. The Morgan fingerprint density at radius 3 is 2.19 bits per heavy atom. The van der Waals surface area contributed by atoms with Crippen LogP contribution in [0.3, 0.4) is 0 Å². The predicted octanol–water partition coefficient (Wildman–Crippen LogP) is 7.39. The van der Waals surface area contributed by atoms with Gasteiger partial charge in [-0.05, 0) is 81.4 Å². The molecular weight excluding hydrogens is 374 g/mol. The van der Waals surface area contributed by atoms with Crippen LogP contribution in [0.5, 0.6) is 0 Å². The molecule has 2 aliphatic rings. The van der Waals surface area contributed by atoms with E-state index in [1.165, 1.54) is 71.7 Å². The third-order valence-electron chi connectivity index (χ3n) is 7.42. The van der Waals surface area contributed by atoms with E-state index in [-0.39, 0.29) is 0 Å². The van der Waals surface area contributed by atoms with Crippen molar-refractivity contribution in [2.24, 2.45) is 0 Å². The predicted molar refractivity (Wildman–Crippen MR) is 129 cm³/mol. The van der Waals surface area contributed by atoms with E-state index in [0.717, 1.165) is 12.8 Å². The average molecular weight is 393 g/mol. The van der Waals surface area contributed by atoms with Crippen LogP contribution in [0, 0.1) is 0 Å². The first-order valence-electron chi connectivity index (χ1n) is 11.0. The molecule has 2 aliphatic carbocycles. The van der Waals surface area contributed by atoms with Crippen molar-refractivity contribution >= 4 is 27.2 Å². The van der Waals surface area contributed by atoms with E-state index in [1.54, 1.807) is 0 Å². The monoisotopic (exact) mass is 393 g/mol. The molecule has 2 aromatic heterocycles. The van der Waals surface area contributed by atoms with E-state index in [1.807, 2.05) is 0 Å². The average Bonchev–Trinajstić information content (AvgIpc) is 3.52. The molecule has 0 N–H and O–H groups in total. The van der Waals surface area contributed by atoms with E-state index in [2.05, 4.69) is 95.5 Å². The topological polar surface area (TPSA) is 4.41 Å². The van der Waals surface area contributed by atoms with E-state index in [9.17, 15) is 0 Å². The van der Waals surface area contributed by atoms with Crippen LogP contribution in [0.15, 0.2) is 91.1 Å². The van der Waals surface area contributed by atoms with Crippen molar-refractivity contribution in [1.82, 2.24) is 4.40 Å². The van der Waals surface area contributed by atoms with Gasteiger partial charge in [0.2, 0.25) is 0 Å². The summed E-state index contributed by atoms with van der Waals surface area (Å²) in [6.45, 7) is 0. The first-order chi connectivity index (χ1) is 15.4. The molecule has 4 aromatic carbocycles. The minimum atomic E-state index is 1.03. The van der Waals surface area contributed by atoms with E-state index in [4.69, 9.17) is 0 Å². The van der Waals surface area contributed by atoms with Gasteiger partial charge in [0.05, 0.1) is 11.0 Å². The number of pyridine rings is 1. The van der Waals surface area contributed by atoms with Gasteiger partial charge in [0, 0.05) is 22.5 Å². The summed E-state index contributed by atoms with van der Waals surface area (Å²) in [5.74, 6) is 0. The Bertz CT molecular complexity index is 1730. The number of hydrogen-bond donors (Lipinski definition) is 0. The summed E-state index contributed by atoms with van der Waals surface area (Å²) in [5, 5.41) is 4.08. The second-order valence-corrected chi connectivity index (χ2v) is 8.98. The fraction of sp³-hybridized carbons (Fsp3) is 0.0667. The number of aromatic nitrogens is 1. The fourth-order valence-electron chi connectivity index (χ4n) is 6.09. The number of rotatable bonds is 0. The zero-order chi connectivity index (χ0) is 20.1. The third-order valence-corrected chi connectivity index (χ3v) is 7.42. The molecule has 0 saturated heterocycles. The largest absolute Gasteiger partial charge is 0.315 e. The van der Waals surface area contributed by atoms with Gasteiger partial charge in [0.15, 0.2) is 0 Å². The normalized spacial score (nSPS) is 13.5. The molecule has 0 amide bonds. The number of benzene rings is 4. The van der Waals surface area contributed by atoms with Crippen LogP contribution in [0.1, 0.15) is 22.3 Å². The molecule has 8 rings (SSSR count). The highest BCUT2D eigenvalue weighted by molar-refractivity contribution is 6.18. The highest BCUT2D eigenvalue weighted by atomic mass is 14.9. The van der Waals surface area contributed by atoms with Gasteiger partial charge in [-0.1, -0.05) is 60.7 Å². The van der Waals surface area contributed by atoms with Gasteiger partial charge in [0.25, 0.3) is 0 Å². The van der Waals surface area contributed by atoms with Gasteiger partial charge in [-0.2, -0.15) is 0 Å². The molecule has 0 fully saturated rings. The van der Waals surface area contributed by atoms with Gasteiger partial charge in [-0.15, -0.1) is 0 Å². The highest BCUT2D eigenvalue weighted by Gasteiger charge is 2.25. The molecule has 0 bridgehead atoms. The van der Waals surface area contributed by atoms with Crippen molar-refractivity contribution in [2.75, 3.05) is 0 Å². The van der Waals surface area contributed by atoms with Crippen molar-refractivity contribution in [3.63, 3.8) is 0 Å². The van der Waals surface area contributed by atoms with Gasteiger partial charge >= 0.3 is 0 Å². The molecular formula is C30H19N. The van der Waals surface area contributed by atoms with Crippen LogP contribution >= 0.6 is 0 Å². The molecule has 144 valence electrons. The Morgan fingerprint density at radius 1 is 0.516 bits per heavy atom. The summed E-state index contributed by atoms with van der Waals surface area (Å²) in [6, 6.07) is 31.8. The van der Waals surface area contributed by atoms with Crippen molar-refractivity contribution in [2.45, 2.75) is 12.8 Å². The number of nitrogens with zero attached hydrogens (tertiary/aromatic N) is 1. The highest BCUT2D eigenvalue weighted by Crippen LogP contribution is 2.46. The molecule has 0 atom stereocenters. The van der Waals surface area contributed by atoms with Crippen LogP contribution in [-0.2, 0) is 12.8 Å². The summed E-state index contributed by atoms with van der Waals surface area (Å²) in [6.07, 6.45) is 4.30. The lowest BCUT2D eigenvalue weighted by molar-refractivity contribution is 1.25. The van der Waals surface area contributed by atoms with Gasteiger partial charge < -0.3 is 4.40 Å². The lowest BCUT2D eigenvalue weighted by Gasteiger charge is -2.15. The SMILES string of the molecule is c1ccc2c(c1)Cc1cc3c(cc1-2)c1cccn1c1c2c(ccc31)Cc1ccccc1-2. The molecule has 6 aromatic rings. The molecule has 1 heteroatoms. The fourth-order valence-corrected chi connectivity index (χ4v) is 6.09. The van der Waals surface area contributed by atoms with Crippen molar-refractivity contribution in [3.05, 3.63) is 113 Å². The van der Waals surface area contributed by atoms with Gasteiger partial charge in [-0.25, -0.2) is 0 Å². The van der Waals surface area contributed by atoms with Crippen LogP contribution in [0.25, 0.3) is 49.4 Å². The van der Waals surface area contributed by atoms with E-state index in [0.29, 0.717) is 0 Å². The van der Waals surface area contributed by atoms with E-state index < -0.39 is 0 Å². The van der Waals surface area contributed by atoms with E-state index >= 15 is 0 Å². The minimum Gasteiger partial charge on any atom is -0.315 e.